The van der Waals surface area contributed by atoms with Crippen molar-refractivity contribution in [2.45, 2.75) is 123 Å². The van der Waals surface area contributed by atoms with Crippen molar-refractivity contribution in [2.75, 3.05) is 20.6 Å². The maximum absolute atomic E-state index is 10.3. The Kier molecular flexibility index (Phi) is 38.0. The average molecular weight is 389 g/mol. The van der Waals surface area contributed by atoms with E-state index in [0.717, 1.165) is 19.4 Å². The molecule has 0 aliphatic rings. The fourth-order valence-electron chi connectivity index (χ4n) is 2.69. The minimum absolute atomic E-state index is 0.345. The Labute approximate surface area is 171 Å². The lowest BCUT2D eigenvalue weighted by Crippen LogP contribution is -1.96. The number of carboxylic acid groups (broad SMARTS) is 1. The van der Waals surface area contributed by atoms with Crippen LogP contribution in [-0.4, -0.2) is 31.7 Å². The second-order valence-electron chi connectivity index (χ2n) is 7.38. The fraction of sp³-hybridized carbons (Fsp3) is 0.957. The summed E-state index contributed by atoms with van der Waals surface area (Å²) in [4.78, 5) is 10.3. The maximum Gasteiger partial charge on any atom is 0.303 e. The molecule has 4 heteroatoms. The smallest absolute Gasteiger partial charge is 0.303 e. The SMILES string of the molecule is CCCCCCCCCCCCCCCC(=O)O.CCCCCN.CNC. The van der Waals surface area contributed by atoms with Gasteiger partial charge in [-0.2, -0.15) is 0 Å². The Morgan fingerprint density at radius 2 is 0.963 bits per heavy atom. The molecule has 0 aromatic rings. The van der Waals surface area contributed by atoms with Crippen LogP contribution in [0.15, 0.2) is 0 Å². The number of nitrogens with one attached hydrogen (secondary N) is 1. The standard InChI is InChI=1S/C16H32O2.C5H13N.C2H7N/c1-2-3-4-5-6-7-8-9-10-11-12-13-14-15-16(17)18;1-2-3-4-5-6;1-3-2/h2-15H2,1H3,(H,17,18);2-6H2,1H3;3H,1-2H3. The average Bonchev–Trinajstić information content (AvgIpc) is 2.65. The maximum atomic E-state index is 10.3. The summed E-state index contributed by atoms with van der Waals surface area (Å²) in [6.07, 6.45) is 21.0. The van der Waals surface area contributed by atoms with Gasteiger partial charge in [0.1, 0.15) is 0 Å². The molecule has 166 valence electrons. The molecule has 0 aliphatic heterocycles. The zero-order valence-corrected chi connectivity index (χ0v) is 19.2. The van der Waals surface area contributed by atoms with Crippen LogP contribution >= 0.6 is 0 Å². The second kappa shape index (κ2) is 33.0. The van der Waals surface area contributed by atoms with Crippen molar-refractivity contribution >= 4 is 5.97 Å². The minimum Gasteiger partial charge on any atom is -0.481 e. The van der Waals surface area contributed by atoms with Gasteiger partial charge in [0.2, 0.25) is 0 Å². The summed E-state index contributed by atoms with van der Waals surface area (Å²) in [5, 5.41) is 11.2. The first-order valence-electron chi connectivity index (χ1n) is 11.6. The van der Waals surface area contributed by atoms with E-state index in [0.29, 0.717) is 6.42 Å². The molecule has 0 aliphatic carbocycles. The Bertz CT molecular complexity index is 245. The van der Waals surface area contributed by atoms with Crippen molar-refractivity contribution in [1.29, 1.82) is 0 Å². The molecule has 0 saturated heterocycles. The van der Waals surface area contributed by atoms with E-state index in [1.807, 2.05) is 14.1 Å². The summed E-state index contributed by atoms with van der Waals surface area (Å²) in [6, 6.07) is 0. The van der Waals surface area contributed by atoms with Crippen LogP contribution in [0.1, 0.15) is 123 Å². The number of hydrogen-bond donors (Lipinski definition) is 3. The predicted molar refractivity (Wildman–Crippen MR) is 122 cm³/mol. The Balaban J connectivity index is -0.000000530. The number of aliphatic carboxylic acids is 1. The quantitative estimate of drug-likeness (QED) is 0.248. The summed E-state index contributed by atoms with van der Waals surface area (Å²) in [6.45, 7) is 5.29. The monoisotopic (exact) mass is 388 g/mol. The molecule has 0 rings (SSSR count). The van der Waals surface area contributed by atoms with Crippen molar-refractivity contribution in [1.82, 2.24) is 5.32 Å². The first kappa shape index (κ1) is 31.1. The molecule has 0 aromatic heterocycles. The number of carboxylic acids is 1. The van der Waals surface area contributed by atoms with Crippen LogP contribution in [0.5, 0.6) is 0 Å². The van der Waals surface area contributed by atoms with Crippen LogP contribution in [0.2, 0.25) is 0 Å². The van der Waals surface area contributed by atoms with Gasteiger partial charge in [-0.05, 0) is 33.5 Å². The number of unbranched alkanes of at least 4 members (excludes halogenated alkanes) is 14. The van der Waals surface area contributed by atoms with Crippen LogP contribution in [-0.2, 0) is 4.79 Å². The van der Waals surface area contributed by atoms with Gasteiger partial charge in [0.15, 0.2) is 0 Å². The molecule has 4 N–H and O–H groups in total. The Morgan fingerprint density at radius 1 is 0.667 bits per heavy atom. The van der Waals surface area contributed by atoms with Gasteiger partial charge in [-0.15, -0.1) is 0 Å². The summed E-state index contributed by atoms with van der Waals surface area (Å²) in [5.41, 5.74) is 5.21. The second-order valence-corrected chi connectivity index (χ2v) is 7.38. The van der Waals surface area contributed by atoms with Gasteiger partial charge >= 0.3 is 5.97 Å². The topological polar surface area (TPSA) is 75.3 Å². The van der Waals surface area contributed by atoms with E-state index in [1.54, 1.807) is 0 Å². The summed E-state index contributed by atoms with van der Waals surface area (Å²) in [7, 11) is 3.75. The van der Waals surface area contributed by atoms with Gasteiger partial charge in [-0.3, -0.25) is 4.79 Å². The predicted octanol–water partition coefficient (Wildman–Crippen LogP) is 6.52. The fourth-order valence-corrected chi connectivity index (χ4v) is 2.69. The summed E-state index contributed by atoms with van der Waals surface area (Å²) in [5.74, 6) is -0.655. The third-order valence-electron chi connectivity index (χ3n) is 4.30. The summed E-state index contributed by atoms with van der Waals surface area (Å²) >= 11 is 0. The van der Waals surface area contributed by atoms with Gasteiger partial charge in [-0.1, -0.05) is 104 Å². The van der Waals surface area contributed by atoms with Crippen molar-refractivity contribution in [3.05, 3.63) is 0 Å². The lowest BCUT2D eigenvalue weighted by molar-refractivity contribution is -0.137. The first-order valence-corrected chi connectivity index (χ1v) is 11.6. The molecule has 0 aromatic carbocycles. The van der Waals surface area contributed by atoms with E-state index in [4.69, 9.17) is 10.8 Å². The zero-order chi connectivity index (χ0) is 21.0. The number of nitrogens with two attached hydrogens (primary N) is 1. The van der Waals surface area contributed by atoms with Crippen LogP contribution in [0.25, 0.3) is 0 Å². The van der Waals surface area contributed by atoms with Crippen molar-refractivity contribution < 1.29 is 9.90 Å². The molecule has 0 spiro atoms. The molecule has 0 atom stereocenters. The van der Waals surface area contributed by atoms with Gasteiger partial charge in [0, 0.05) is 6.42 Å². The van der Waals surface area contributed by atoms with E-state index in [9.17, 15) is 4.79 Å². The van der Waals surface area contributed by atoms with Crippen molar-refractivity contribution in [3.63, 3.8) is 0 Å². The van der Waals surface area contributed by atoms with Crippen molar-refractivity contribution in [2.24, 2.45) is 5.73 Å². The van der Waals surface area contributed by atoms with E-state index in [-0.39, 0.29) is 0 Å². The molecule has 0 bridgehead atoms. The molecule has 0 fully saturated rings. The van der Waals surface area contributed by atoms with E-state index in [1.165, 1.54) is 89.9 Å². The Hall–Kier alpha value is -0.610. The number of carbonyl (C=O) groups is 1. The number of rotatable bonds is 17. The van der Waals surface area contributed by atoms with Gasteiger partial charge in [0.05, 0.1) is 0 Å². The Morgan fingerprint density at radius 3 is 1.22 bits per heavy atom. The third kappa shape index (κ3) is 45.9. The highest BCUT2D eigenvalue weighted by Crippen LogP contribution is 2.12. The third-order valence-corrected chi connectivity index (χ3v) is 4.30. The highest BCUT2D eigenvalue weighted by Gasteiger charge is 1.96. The van der Waals surface area contributed by atoms with E-state index >= 15 is 0 Å². The minimum atomic E-state index is -0.655. The lowest BCUT2D eigenvalue weighted by Gasteiger charge is -2.02. The lowest BCUT2D eigenvalue weighted by atomic mass is 10.0. The van der Waals surface area contributed by atoms with Gasteiger partial charge in [0.25, 0.3) is 0 Å². The molecular formula is C23H52N2O2. The summed E-state index contributed by atoms with van der Waals surface area (Å²) < 4.78 is 0. The molecule has 0 heterocycles. The molecule has 4 nitrogen and oxygen atoms in total. The molecule has 0 unspecified atom stereocenters. The molecule has 0 amide bonds. The molecular weight excluding hydrogens is 336 g/mol. The van der Waals surface area contributed by atoms with Crippen LogP contribution in [0, 0.1) is 0 Å². The number of hydrogen-bond acceptors (Lipinski definition) is 3. The van der Waals surface area contributed by atoms with Crippen LogP contribution < -0.4 is 11.1 Å². The van der Waals surface area contributed by atoms with E-state index in [2.05, 4.69) is 19.2 Å². The van der Waals surface area contributed by atoms with E-state index < -0.39 is 5.97 Å². The van der Waals surface area contributed by atoms with Gasteiger partial charge < -0.3 is 16.2 Å². The van der Waals surface area contributed by atoms with Crippen molar-refractivity contribution in [3.8, 4) is 0 Å². The molecule has 27 heavy (non-hydrogen) atoms. The first-order chi connectivity index (χ1) is 13.1. The molecule has 0 radical (unpaired) electrons. The highest BCUT2D eigenvalue weighted by atomic mass is 16.4. The largest absolute Gasteiger partial charge is 0.481 e. The van der Waals surface area contributed by atoms with Gasteiger partial charge in [-0.25, -0.2) is 0 Å². The normalized spacial score (nSPS) is 9.81. The molecule has 0 saturated carbocycles. The zero-order valence-electron chi connectivity index (χ0n) is 19.2. The highest BCUT2D eigenvalue weighted by molar-refractivity contribution is 5.66. The van der Waals surface area contributed by atoms with Crippen LogP contribution in [0.3, 0.4) is 0 Å². The van der Waals surface area contributed by atoms with Crippen LogP contribution in [0.4, 0.5) is 0 Å².